The van der Waals surface area contributed by atoms with Crippen LogP contribution in [0, 0.1) is 11.8 Å². The number of anilines is 1. The summed E-state index contributed by atoms with van der Waals surface area (Å²) in [6.45, 7) is 6.07. The molecule has 0 aromatic heterocycles. The van der Waals surface area contributed by atoms with E-state index in [9.17, 15) is 14.4 Å². The number of aromatic carboxylic acids is 2. The Labute approximate surface area is 161 Å². The molecule has 0 aliphatic carbocycles. The topological polar surface area (TPSA) is 104 Å². The van der Waals surface area contributed by atoms with Gasteiger partial charge >= 0.3 is 11.9 Å². The minimum Gasteiger partial charge on any atom is -0.478 e. The van der Waals surface area contributed by atoms with Gasteiger partial charge in [0.15, 0.2) is 0 Å². The zero-order valence-corrected chi connectivity index (χ0v) is 16.5. The Morgan fingerprint density at radius 1 is 0.889 bits per heavy atom. The van der Waals surface area contributed by atoms with Crippen LogP contribution in [0.4, 0.5) is 5.69 Å². The predicted octanol–water partition coefficient (Wildman–Crippen LogP) is 5.04. The smallest absolute Gasteiger partial charge is 0.335 e. The van der Waals surface area contributed by atoms with Gasteiger partial charge in [-0.1, -0.05) is 59.3 Å². The molecule has 27 heavy (non-hydrogen) atoms. The first-order chi connectivity index (χ1) is 12.8. The Morgan fingerprint density at radius 2 is 1.41 bits per heavy atom. The summed E-state index contributed by atoms with van der Waals surface area (Å²) in [4.78, 5) is 34.8. The fraction of sp³-hybridized carbons (Fsp3) is 0.571. The SMILES string of the molecule is CCCCCCCCC(C)C(C)C(=O)Nc1cc(C(=O)O)cc(C(=O)O)c1. The van der Waals surface area contributed by atoms with E-state index in [-0.39, 0.29) is 34.6 Å². The summed E-state index contributed by atoms with van der Waals surface area (Å²) in [6, 6.07) is 3.63. The van der Waals surface area contributed by atoms with Crippen molar-refractivity contribution in [3.8, 4) is 0 Å². The standard InChI is InChI=1S/C21H31NO5/c1-4-5-6-7-8-9-10-14(2)15(3)19(23)22-18-12-16(20(24)25)11-17(13-18)21(26)27/h11-15H,4-10H2,1-3H3,(H,22,23)(H,24,25)(H,26,27). The molecule has 0 saturated heterocycles. The van der Waals surface area contributed by atoms with Gasteiger partial charge in [-0.2, -0.15) is 0 Å². The number of carboxylic acid groups (broad SMARTS) is 2. The lowest BCUT2D eigenvalue weighted by Crippen LogP contribution is -2.26. The van der Waals surface area contributed by atoms with Crippen molar-refractivity contribution in [3.63, 3.8) is 0 Å². The molecule has 1 aromatic carbocycles. The van der Waals surface area contributed by atoms with Crippen LogP contribution >= 0.6 is 0 Å². The van der Waals surface area contributed by atoms with E-state index < -0.39 is 11.9 Å². The van der Waals surface area contributed by atoms with Crippen molar-refractivity contribution < 1.29 is 24.6 Å². The third-order valence-corrected chi connectivity index (χ3v) is 4.97. The quantitative estimate of drug-likeness (QED) is 0.443. The third-order valence-electron chi connectivity index (χ3n) is 4.97. The molecule has 0 bridgehead atoms. The summed E-state index contributed by atoms with van der Waals surface area (Å²) in [5.41, 5.74) is -0.146. The molecule has 0 aliphatic heterocycles. The fourth-order valence-corrected chi connectivity index (χ4v) is 2.96. The monoisotopic (exact) mass is 377 g/mol. The molecule has 1 amide bonds. The Morgan fingerprint density at radius 3 is 1.93 bits per heavy atom. The lowest BCUT2D eigenvalue weighted by atomic mass is 9.89. The van der Waals surface area contributed by atoms with Crippen LogP contribution in [0.3, 0.4) is 0 Å². The van der Waals surface area contributed by atoms with Crippen molar-refractivity contribution in [1.29, 1.82) is 0 Å². The summed E-state index contributed by atoms with van der Waals surface area (Å²) in [5, 5.41) is 20.9. The van der Waals surface area contributed by atoms with E-state index in [1.165, 1.54) is 44.2 Å². The molecule has 0 saturated carbocycles. The molecular formula is C21H31NO5. The van der Waals surface area contributed by atoms with Gasteiger partial charge in [0.1, 0.15) is 0 Å². The van der Waals surface area contributed by atoms with Gasteiger partial charge in [0.2, 0.25) is 5.91 Å². The molecule has 3 N–H and O–H groups in total. The molecule has 2 unspecified atom stereocenters. The van der Waals surface area contributed by atoms with E-state index in [4.69, 9.17) is 10.2 Å². The maximum absolute atomic E-state index is 12.5. The zero-order chi connectivity index (χ0) is 20.4. The number of carboxylic acids is 2. The van der Waals surface area contributed by atoms with Gasteiger partial charge in [0.05, 0.1) is 11.1 Å². The molecule has 0 spiro atoms. The lowest BCUT2D eigenvalue weighted by Gasteiger charge is -2.19. The number of unbranched alkanes of at least 4 members (excludes halogenated alkanes) is 5. The molecule has 6 nitrogen and oxygen atoms in total. The average Bonchev–Trinajstić information content (AvgIpc) is 2.63. The second-order valence-corrected chi connectivity index (χ2v) is 7.22. The van der Waals surface area contributed by atoms with Gasteiger partial charge in [-0.25, -0.2) is 9.59 Å². The van der Waals surface area contributed by atoms with Crippen molar-refractivity contribution in [1.82, 2.24) is 0 Å². The lowest BCUT2D eigenvalue weighted by molar-refractivity contribution is -0.120. The number of benzene rings is 1. The number of carbonyl (C=O) groups is 3. The zero-order valence-electron chi connectivity index (χ0n) is 16.5. The molecular weight excluding hydrogens is 346 g/mol. The van der Waals surface area contributed by atoms with Crippen molar-refractivity contribution in [2.24, 2.45) is 11.8 Å². The first kappa shape index (κ1) is 22.7. The molecule has 1 rings (SSSR count). The van der Waals surface area contributed by atoms with Crippen molar-refractivity contribution in [2.75, 3.05) is 5.32 Å². The first-order valence-electron chi connectivity index (χ1n) is 9.68. The minimum absolute atomic E-state index is 0.169. The maximum atomic E-state index is 12.5. The summed E-state index contributed by atoms with van der Waals surface area (Å²) in [7, 11) is 0. The van der Waals surface area contributed by atoms with E-state index in [1.807, 2.05) is 13.8 Å². The molecule has 1 aromatic rings. The Kier molecular flexibility index (Phi) is 9.54. The second kappa shape index (κ2) is 11.4. The van der Waals surface area contributed by atoms with E-state index in [2.05, 4.69) is 12.2 Å². The van der Waals surface area contributed by atoms with E-state index in [1.54, 1.807) is 0 Å². The Balaban J connectivity index is 2.63. The number of hydrogen-bond acceptors (Lipinski definition) is 3. The van der Waals surface area contributed by atoms with Crippen LogP contribution in [-0.2, 0) is 4.79 Å². The molecule has 0 heterocycles. The van der Waals surface area contributed by atoms with Crippen molar-refractivity contribution in [2.45, 2.75) is 65.7 Å². The van der Waals surface area contributed by atoms with Gasteiger partial charge in [-0.05, 0) is 30.5 Å². The summed E-state index contributed by atoms with van der Waals surface area (Å²) < 4.78 is 0. The largest absolute Gasteiger partial charge is 0.478 e. The van der Waals surface area contributed by atoms with Gasteiger partial charge < -0.3 is 15.5 Å². The maximum Gasteiger partial charge on any atom is 0.335 e. The molecule has 6 heteroatoms. The normalized spacial score (nSPS) is 13.0. The van der Waals surface area contributed by atoms with E-state index in [0.29, 0.717) is 0 Å². The summed E-state index contributed by atoms with van der Waals surface area (Å²) in [5.74, 6) is -2.76. The fourth-order valence-electron chi connectivity index (χ4n) is 2.96. The van der Waals surface area contributed by atoms with Crippen LogP contribution in [-0.4, -0.2) is 28.1 Å². The highest BCUT2D eigenvalue weighted by molar-refractivity contribution is 5.99. The number of rotatable bonds is 12. The number of carbonyl (C=O) groups excluding carboxylic acids is 1. The molecule has 0 aliphatic rings. The summed E-state index contributed by atoms with van der Waals surface area (Å²) in [6.07, 6.45) is 8.17. The highest BCUT2D eigenvalue weighted by Gasteiger charge is 2.21. The predicted molar refractivity (Wildman–Crippen MR) is 105 cm³/mol. The minimum atomic E-state index is -1.24. The average molecular weight is 377 g/mol. The molecule has 2 atom stereocenters. The van der Waals surface area contributed by atoms with Gasteiger partial charge in [-0.3, -0.25) is 4.79 Å². The van der Waals surface area contributed by atoms with Crippen LogP contribution in [0.1, 0.15) is 86.4 Å². The Bertz CT molecular complexity index is 624. The van der Waals surface area contributed by atoms with E-state index >= 15 is 0 Å². The highest BCUT2D eigenvalue weighted by atomic mass is 16.4. The van der Waals surface area contributed by atoms with Gasteiger partial charge in [0.25, 0.3) is 0 Å². The number of hydrogen-bond donors (Lipinski definition) is 3. The molecule has 150 valence electrons. The van der Waals surface area contributed by atoms with Crippen LogP contribution < -0.4 is 5.32 Å². The third kappa shape index (κ3) is 7.81. The number of nitrogens with one attached hydrogen (secondary N) is 1. The van der Waals surface area contributed by atoms with Crippen molar-refractivity contribution >= 4 is 23.5 Å². The first-order valence-corrected chi connectivity index (χ1v) is 9.68. The van der Waals surface area contributed by atoms with Crippen LogP contribution in [0.15, 0.2) is 18.2 Å². The van der Waals surface area contributed by atoms with Gasteiger partial charge in [0, 0.05) is 11.6 Å². The second-order valence-electron chi connectivity index (χ2n) is 7.22. The highest BCUT2D eigenvalue weighted by Crippen LogP contribution is 2.22. The van der Waals surface area contributed by atoms with E-state index in [0.717, 1.165) is 18.9 Å². The molecule has 0 fully saturated rings. The Hall–Kier alpha value is -2.37. The van der Waals surface area contributed by atoms with Crippen LogP contribution in [0.25, 0.3) is 0 Å². The summed E-state index contributed by atoms with van der Waals surface area (Å²) >= 11 is 0. The van der Waals surface area contributed by atoms with Gasteiger partial charge in [-0.15, -0.1) is 0 Å². The van der Waals surface area contributed by atoms with Crippen molar-refractivity contribution in [3.05, 3.63) is 29.3 Å². The number of amides is 1. The van der Waals surface area contributed by atoms with Crippen LogP contribution in [0.2, 0.25) is 0 Å². The molecule has 0 radical (unpaired) electrons. The van der Waals surface area contributed by atoms with Crippen LogP contribution in [0.5, 0.6) is 0 Å².